The molecule has 5 rings (SSSR count). The standard InChI is InChI=1S/C37H35N5O4S/c1-24(2)27-19-17-26(18-20-27)21-32(39-36(45)28-11-6-4-7-12-28)37(46)38-29-13-10-16-31(22-29)47-25(3)35(44)40-33-23-34(43)42(41-33)30-14-8-5-9-15-30/h4-22,24-25H,23H2,1-3H3,(H,38,46)(H,39,45)(H,40,41,44)/b32-21+. The van der Waals surface area contributed by atoms with Gasteiger partial charge in [-0.15, -0.1) is 11.8 Å². The Kier molecular flexibility index (Phi) is 10.6. The van der Waals surface area contributed by atoms with E-state index in [4.69, 9.17) is 0 Å². The van der Waals surface area contributed by atoms with Gasteiger partial charge in [0.05, 0.1) is 17.4 Å². The summed E-state index contributed by atoms with van der Waals surface area (Å²) < 4.78 is 0. The summed E-state index contributed by atoms with van der Waals surface area (Å²) in [6, 6.07) is 32.6. The number of amides is 4. The minimum absolute atomic E-state index is 0.00191. The molecule has 0 radical (unpaired) electrons. The molecule has 10 heteroatoms. The summed E-state index contributed by atoms with van der Waals surface area (Å²) in [6.45, 7) is 5.97. The van der Waals surface area contributed by atoms with Crippen LogP contribution in [0.15, 0.2) is 125 Å². The lowest BCUT2D eigenvalue weighted by molar-refractivity contribution is -0.119. The van der Waals surface area contributed by atoms with E-state index in [-0.39, 0.29) is 29.8 Å². The van der Waals surface area contributed by atoms with E-state index in [1.807, 2.05) is 54.6 Å². The zero-order valence-corrected chi connectivity index (χ0v) is 27.1. The van der Waals surface area contributed by atoms with E-state index in [0.717, 1.165) is 16.0 Å². The van der Waals surface area contributed by atoms with Gasteiger partial charge in [0.1, 0.15) is 11.5 Å². The second-order valence-corrected chi connectivity index (χ2v) is 12.6. The number of carbonyl (C=O) groups is 4. The maximum atomic E-state index is 13.5. The number of hydrogen-bond acceptors (Lipinski definition) is 6. The van der Waals surface area contributed by atoms with Gasteiger partial charge in [-0.2, -0.15) is 10.1 Å². The molecule has 4 aromatic rings. The van der Waals surface area contributed by atoms with Crippen LogP contribution >= 0.6 is 11.8 Å². The number of thioether (sulfide) groups is 1. The van der Waals surface area contributed by atoms with Crippen LogP contribution in [0.5, 0.6) is 0 Å². The Morgan fingerprint density at radius 2 is 1.51 bits per heavy atom. The SMILES string of the molecule is CC(Sc1cccc(NC(=O)/C(=C\c2ccc(C(C)C)cc2)NC(=O)c2ccccc2)c1)C(=O)NC1=NN(c2ccccc2)C(=O)C1. The molecule has 47 heavy (non-hydrogen) atoms. The fourth-order valence-electron chi connectivity index (χ4n) is 4.70. The van der Waals surface area contributed by atoms with Crippen molar-refractivity contribution in [2.45, 2.75) is 43.3 Å². The van der Waals surface area contributed by atoms with E-state index >= 15 is 0 Å². The molecule has 3 N–H and O–H groups in total. The molecule has 1 aliphatic heterocycles. The highest BCUT2D eigenvalue weighted by atomic mass is 32.2. The third-order valence-electron chi connectivity index (χ3n) is 7.26. The van der Waals surface area contributed by atoms with Crippen molar-refractivity contribution in [1.82, 2.24) is 10.6 Å². The second kappa shape index (κ2) is 15.2. The summed E-state index contributed by atoms with van der Waals surface area (Å²) in [4.78, 5) is 52.8. The van der Waals surface area contributed by atoms with E-state index in [1.54, 1.807) is 67.6 Å². The highest BCUT2D eigenvalue weighted by molar-refractivity contribution is 8.00. The molecule has 0 aromatic heterocycles. The van der Waals surface area contributed by atoms with Crippen LogP contribution in [0.25, 0.3) is 6.08 Å². The van der Waals surface area contributed by atoms with Crippen LogP contribution in [0.2, 0.25) is 0 Å². The molecule has 0 bridgehead atoms. The smallest absolute Gasteiger partial charge is 0.272 e. The molecule has 0 saturated heterocycles. The Hall–Kier alpha value is -5.48. The minimum Gasteiger partial charge on any atom is -0.321 e. The van der Waals surface area contributed by atoms with E-state index in [0.29, 0.717) is 22.9 Å². The van der Waals surface area contributed by atoms with Crippen molar-refractivity contribution in [2.75, 3.05) is 10.3 Å². The van der Waals surface area contributed by atoms with Gasteiger partial charge in [-0.1, -0.05) is 80.6 Å². The molecule has 1 aliphatic rings. The van der Waals surface area contributed by atoms with Gasteiger partial charge < -0.3 is 16.0 Å². The van der Waals surface area contributed by atoms with Crippen molar-refractivity contribution in [3.05, 3.63) is 132 Å². The lowest BCUT2D eigenvalue weighted by Gasteiger charge is -2.14. The van der Waals surface area contributed by atoms with Crippen molar-refractivity contribution in [2.24, 2.45) is 5.10 Å². The van der Waals surface area contributed by atoms with Gasteiger partial charge >= 0.3 is 0 Å². The number of hydrogen-bond donors (Lipinski definition) is 3. The number of nitrogens with one attached hydrogen (secondary N) is 3. The molecule has 9 nitrogen and oxygen atoms in total. The predicted molar refractivity (Wildman–Crippen MR) is 187 cm³/mol. The number of para-hydroxylation sites is 1. The first kappa shape index (κ1) is 32.9. The first-order valence-electron chi connectivity index (χ1n) is 15.2. The van der Waals surface area contributed by atoms with Crippen molar-refractivity contribution in [3.63, 3.8) is 0 Å². The lowest BCUT2D eigenvalue weighted by Crippen LogP contribution is -2.35. The first-order valence-corrected chi connectivity index (χ1v) is 16.1. The molecule has 0 fully saturated rings. The third kappa shape index (κ3) is 8.83. The van der Waals surface area contributed by atoms with E-state index in [2.05, 4.69) is 34.9 Å². The molecule has 4 aromatic carbocycles. The summed E-state index contributed by atoms with van der Waals surface area (Å²) in [6.07, 6.45) is 1.64. The van der Waals surface area contributed by atoms with E-state index in [1.165, 1.54) is 16.8 Å². The van der Waals surface area contributed by atoms with Gasteiger partial charge in [0.25, 0.3) is 17.7 Å². The van der Waals surface area contributed by atoms with E-state index < -0.39 is 17.1 Å². The minimum atomic E-state index is -0.529. The average Bonchev–Trinajstić information content (AvgIpc) is 3.44. The van der Waals surface area contributed by atoms with Crippen LogP contribution in [-0.4, -0.2) is 34.7 Å². The highest BCUT2D eigenvalue weighted by Crippen LogP contribution is 2.27. The molecule has 1 heterocycles. The van der Waals surface area contributed by atoms with Crippen LogP contribution in [-0.2, 0) is 14.4 Å². The molecule has 238 valence electrons. The highest BCUT2D eigenvalue weighted by Gasteiger charge is 2.27. The van der Waals surface area contributed by atoms with Crippen molar-refractivity contribution in [3.8, 4) is 0 Å². The number of hydrazone groups is 1. The lowest BCUT2D eigenvalue weighted by atomic mass is 10.0. The first-order chi connectivity index (χ1) is 22.7. The molecule has 1 atom stereocenters. The van der Waals surface area contributed by atoms with E-state index in [9.17, 15) is 19.2 Å². The normalized spacial score (nSPS) is 13.6. The third-order valence-corrected chi connectivity index (χ3v) is 8.35. The van der Waals surface area contributed by atoms with Crippen LogP contribution in [0.4, 0.5) is 11.4 Å². The molecular formula is C37H35N5O4S. The Labute approximate surface area is 278 Å². The fraction of sp³-hybridized carbons (Fsp3) is 0.162. The summed E-state index contributed by atoms with van der Waals surface area (Å²) in [7, 11) is 0. The largest absolute Gasteiger partial charge is 0.321 e. The number of anilines is 2. The van der Waals surface area contributed by atoms with Gasteiger partial charge in [0.15, 0.2) is 0 Å². The molecular weight excluding hydrogens is 611 g/mol. The monoisotopic (exact) mass is 645 g/mol. The Morgan fingerprint density at radius 3 is 2.19 bits per heavy atom. The van der Waals surface area contributed by atoms with Crippen LogP contribution in [0, 0.1) is 0 Å². The quantitative estimate of drug-likeness (QED) is 0.133. The summed E-state index contributed by atoms with van der Waals surface area (Å²) >= 11 is 1.30. The van der Waals surface area contributed by atoms with Gasteiger partial charge in [0.2, 0.25) is 5.91 Å². The van der Waals surface area contributed by atoms with Crippen LogP contribution < -0.4 is 21.0 Å². The van der Waals surface area contributed by atoms with Gasteiger partial charge in [-0.05, 0) is 72.5 Å². The average molecular weight is 646 g/mol. The van der Waals surface area contributed by atoms with Crippen molar-refractivity contribution < 1.29 is 19.2 Å². The van der Waals surface area contributed by atoms with Crippen molar-refractivity contribution in [1.29, 1.82) is 0 Å². The topological polar surface area (TPSA) is 120 Å². The Balaban J connectivity index is 1.26. The summed E-state index contributed by atoms with van der Waals surface area (Å²) in [5.41, 5.74) is 3.55. The maximum absolute atomic E-state index is 13.5. The number of nitrogens with zero attached hydrogens (tertiary/aromatic N) is 2. The Morgan fingerprint density at radius 1 is 0.830 bits per heavy atom. The fourth-order valence-corrected chi connectivity index (χ4v) is 5.63. The zero-order valence-electron chi connectivity index (χ0n) is 26.3. The van der Waals surface area contributed by atoms with Crippen LogP contribution in [0.3, 0.4) is 0 Å². The number of rotatable bonds is 10. The number of benzene rings is 4. The molecule has 4 amide bonds. The second-order valence-electron chi connectivity index (χ2n) is 11.2. The number of carbonyl (C=O) groups excluding carboxylic acids is 4. The molecule has 1 unspecified atom stereocenters. The van der Waals surface area contributed by atoms with Crippen molar-refractivity contribution >= 4 is 58.7 Å². The summed E-state index contributed by atoms with van der Waals surface area (Å²) in [5.74, 6) is -0.789. The zero-order chi connectivity index (χ0) is 33.3. The Bertz CT molecular complexity index is 1820. The summed E-state index contributed by atoms with van der Waals surface area (Å²) in [5, 5.41) is 13.5. The molecule has 0 spiro atoms. The number of amidine groups is 1. The molecule has 0 aliphatic carbocycles. The predicted octanol–water partition coefficient (Wildman–Crippen LogP) is 6.57. The maximum Gasteiger partial charge on any atom is 0.272 e. The van der Waals surface area contributed by atoms with Gasteiger partial charge in [-0.25, -0.2) is 0 Å². The molecule has 0 saturated carbocycles. The van der Waals surface area contributed by atoms with Crippen LogP contribution in [0.1, 0.15) is 54.6 Å². The van der Waals surface area contributed by atoms with Gasteiger partial charge in [0, 0.05) is 16.1 Å². The van der Waals surface area contributed by atoms with Gasteiger partial charge in [-0.3, -0.25) is 19.2 Å².